The lowest BCUT2D eigenvalue weighted by molar-refractivity contribution is 0.423. The molecule has 0 radical (unpaired) electrons. The van der Waals surface area contributed by atoms with Crippen LogP contribution < -0.4 is 9.44 Å². The molecule has 2 aromatic rings. The van der Waals surface area contributed by atoms with Crippen LogP contribution in [0.25, 0.3) is 0 Å². The fraction of sp³-hybridized carbons (Fsp3) is 0. The van der Waals surface area contributed by atoms with Gasteiger partial charge in [-0.15, -0.1) is 11.3 Å². The van der Waals surface area contributed by atoms with Crippen LogP contribution in [0.2, 0.25) is 0 Å². The molecule has 0 saturated carbocycles. The molecule has 0 aliphatic heterocycles. The SMILES string of the molecule is O=S(=O)(Nc1ccon1)Nc1cccs1. The highest BCUT2D eigenvalue weighted by Gasteiger charge is 2.11. The van der Waals surface area contributed by atoms with Crippen molar-refractivity contribution in [2.45, 2.75) is 0 Å². The van der Waals surface area contributed by atoms with Crippen LogP contribution in [0.15, 0.2) is 34.4 Å². The Balaban J connectivity index is 2.08. The maximum Gasteiger partial charge on any atom is 0.323 e. The summed E-state index contributed by atoms with van der Waals surface area (Å²) in [7, 11) is -3.64. The van der Waals surface area contributed by atoms with Crippen molar-refractivity contribution in [3.8, 4) is 0 Å². The Morgan fingerprint density at radius 2 is 2.20 bits per heavy atom. The van der Waals surface area contributed by atoms with Gasteiger partial charge in [-0.1, -0.05) is 5.16 Å². The highest BCUT2D eigenvalue weighted by atomic mass is 32.2. The second-order valence-corrected chi connectivity index (χ2v) is 4.93. The molecule has 2 N–H and O–H groups in total. The van der Waals surface area contributed by atoms with Crippen LogP contribution in [0.3, 0.4) is 0 Å². The van der Waals surface area contributed by atoms with E-state index in [0.29, 0.717) is 5.00 Å². The standard InChI is InChI=1S/C7H7N3O3S2/c11-15(12,9-6-3-4-13-8-6)10-7-2-1-5-14-7/h1-5,10H,(H,8,9). The fourth-order valence-electron chi connectivity index (χ4n) is 0.897. The summed E-state index contributed by atoms with van der Waals surface area (Å²) in [6, 6.07) is 4.82. The Labute approximate surface area is 90.1 Å². The van der Waals surface area contributed by atoms with Crippen molar-refractivity contribution < 1.29 is 12.9 Å². The second kappa shape index (κ2) is 3.91. The summed E-state index contributed by atoms with van der Waals surface area (Å²) in [5, 5.41) is 5.73. The first kappa shape index (κ1) is 9.99. The average molecular weight is 245 g/mol. The van der Waals surface area contributed by atoms with Gasteiger partial charge in [0.25, 0.3) is 0 Å². The molecule has 15 heavy (non-hydrogen) atoms. The fourth-order valence-corrected chi connectivity index (χ4v) is 2.64. The molecule has 6 nitrogen and oxygen atoms in total. The van der Waals surface area contributed by atoms with Crippen LogP contribution in [0.4, 0.5) is 10.8 Å². The van der Waals surface area contributed by atoms with E-state index < -0.39 is 10.2 Å². The Morgan fingerprint density at radius 1 is 1.33 bits per heavy atom. The minimum absolute atomic E-state index is 0.138. The third kappa shape index (κ3) is 2.70. The van der Waals surface area contributed by atoms with Gasteiger partial charge in [-0.05, 0) is 17.5 Å². The molecule has 0 unspecified atom stereocenters. The van der Waals surface area contributed by atoms with E-state index in [9.17, 15) is 8.42 Å². The summed E-state index contributed by atoms with van der Waals surface area (Å²) in [5.41, 5.74) is 0. The van der Waals surface area contributed by atoms with Crippen molar-refractivity contribution in [1.29, 1.82) is 0 Å². The van der Waals surface area contributed by atoms with Gasteiger partial charge >= 0.3 is 10.2 Å². The van der Waals surface area contributed by atoms with E-state index in [1.165, 1.54) is 23.7 Å². The summed E-state index contributed by atoms with van der Waals surface area (Å²) in [4.78, 5) is 0. The Bertz CT molecular complexity index is 461. The first-order chi connectivity index (χ1) is 7.16. The van der Waals surface area contributed by atoms with Gasteiger partial charge in [-0.3, -0.25) is 4.72 Å². The van der Waals surface area contributed by atoms with E-state index in [2.05, 4.69) is 19.1 Å². The molecule has 80 valence electrons. The summed E-state index contributed by atoms with van der Waals surface area (Å²) in [5.74, 6) is 0.138. The zero-order chi connectivity index (χ0) is 10.7. The van der Waals surface area contributed by atoms with Crippen LogP contribution in [0.5, 0.6) is 0 Å². The maximum atomic E-state index is 11.5. The van der Waals surface area contributed by atoms with Gasteiger partial charge < -0.3 is 4.52 Å². The number of rotatable bonds is 4. The maximum absolute atomic E-state index is 11.5. The van der Waals surface area contributed by atoms with Crippen molar-refractivity contribution >= 4 is 32.4 Å². The molecule has 0 aliphatic carbocycles. The first-order valence-electron chi connectivity index (χ1n) is 3.90. The van der Waals surface area contributed by atoms with Gasteiger partial charge in [-0.25, -0.2) is 4.72 Å². The molecule has 2 rings (SSSR count). The summed E-state index contributed by atoms with van der Waals surface area (Å²) in [6.07, 6.45) is 1.28. The minimum Gasteiger partial charge on any atom is -0.363 e. The molecule has 2 heterocycles. The molecule has 8 heteroatoms. The molecular formula is C7H7N3O3S2. The largest absolute Gasteiger partial charge is 0.363 e. The average Bonchev–Trinajstić information content (AvgIpc) is 2.75. The van der Waals surface area contributed by atoms with Gasteiger partial charge in [0.15, 0.2) is 5.82 Å². The molecule has 0 aromatic carbocycles. The minimum atomic E-state index is -3.64. The highest BCUT2D eigenvalue weighted by Crippen LogP contribution is 2.17. The van der Waals surface area contributed by atoms with E-state index in [0.717, 1.165) is 0 Å². The van der Waals surface area contributed by atoms with Gasteiger partial charge in [-0.2, -0.15) is 8.42 Å². The number of nitrogens with one attached hydrogen (secondary N) is 2. The Kier molecular flexibility index (Phi) is 2.60. The van der Waals surface area contributed by atoms with Crippen LogP contribution in [0, 0.1) is 0 Å². The molecular weight excluding hydrogens is 238 g/mol. The zero-order valence-corrected chi connectivity index (χ0v) is 9.01. The molecule has 2 aromatic heterocycles. The molecule has 0 bridgehead atoms. The third-order valence-electron chi connectivity index (χ3n) is 1.43. The number of hydrogen-bond acceptors (Lipinski definition) is 5. The van der Waals surface area contributed by atoms with Crippen molar-refractivity contribution in [1.82, 2.24) is 5.16 Å². The van der Waals surface area contributed by atoms with Crippen LogP contribution in [0.1, 0.15) is 0 Å². The predicted octanol–water partition coefficient (Wildman–Crippen LogP) is 1.50. The number of anilines is 2. The van der Waals surface area contributed by atoms with Crippen LogP contribution in [-0.4, -0.2) is 13.6 Å². The zero-order valence-electron chi connectivity index (χ0n) is 7.38. The third-order valence-corrected chi connectivity index (χ3v) is 3.31. The molecule has 0 amide bonds. The van der Waals surface area contributed by atoms with Gasteiger partial charge in [0, 0.05) is 6.07 Å². The van der Waals surface area contributed by atoms with Gasteiger partial charge in [0.05, 0.1) is 0 Å². The van der Waals surface area contributed by atoms with Crippen LogP contribution >= 0.6 is 11.3 Å². The molecule has 0 spiro atoms. The van der Waals surface area contributed by atoms with E-state index in [4.69, 9.17) is 0 Å². The van der Waals surface area contributed by atoms with Crippen molar-refractivity contribution in [2.24, 2.45) is 0 Å². The normalized spacial score (nSPS) is 11.2. The van der Waals surface area contributed by atoms with E-state index >= 15 is 0 Å². The number of thiophene rings is 1. The second-order valence-electron chi connectivity index (χ2n) is 2.57. The Hall–Kier alpha value is -1.54. The number of hydrogen-bond donors (Lipinski definition) is 2. The van der Waals surface area contributed by atoms with E-state index in [1.54, 1.807) is 17.5 Å². The van der Waals surface area contributed by atoms with E-state index in [-0.39, 0.29) is 5.82 Å². The number of aromatic nitrogens is 1. The van der Waals surface area contributed by atoms with Gasteiger partial charge in [0.2, 0.25) is 0 Å². The molecule has 0 aliphatic rings. The van der Waals surface area contributed by atoms with Crippen molar-refractivity contribution in [2.75, 3.05) is 9.44 Å². The van der Waals surface area contributed by atoms with Gasteiger partial charge in [0.1, 0.15) is 11.3 Å². The number of nitrogens with zero attached hydrogens (tertiary/aromatic N) is 1. The van der Waals surface area contributed by atoms with Crippen molar-refractivity contribution in [3.05, 3.63) is 29.8 Å². The summed E-state index contributed by atoms with van der Waals surface area (Å²) >= 11 is 1.29. The van der Waals surface area contributed by atoms with Crippen LogP contribution in [-0.2, 0) is 10.2 Å². The summed E-state index contributed by atoms with van der Waals surface area (Å²) < 4.78 is 32.0. The summed E-state index contributed by atoms with van der Waals surface area (Å²) in [6.45, 7) is 0. The lowest BCUT2D eigenvalue weighted by Gasteiger charge is -2.04. The smallest absolute Gasteiger partial charge is 0.323 e. The lowest BCUT2D eigenvalue weighted by Crippen LogP contribution is -2.21. The first-order valence-corrected chi connectivity index (χ1v) is 6.26. The topological polar surface area (TPSA) is 84.2 Å². The molecule has 0 atom stereocenters. The molecule has 0 fully saturated rings. The Morgan fingerprint density at radius 3 is 2.80 bits per heavy atom. The predicted molar refractivity (Wildman–Crippen MR) is 57.0 cm³/mol. The quantitative estimate of drug-likeness (QED) is 0.855. The monoisotopic (exact) mass is 245 g/mol. The van der Waals surface area contributed by atoms with Crippen molar-refractivity contribution in [3.63, 3.8) is 0 Å². The molecule has 0 saturated heterocycles. The van der Waals surface area contributed by atoms with E-state index in [1.807, 2.05) is 0 Å². The lowest BCUT2D eigenvalue weighted by atomic mass is 10.6. The highest BCUT2D eigenvalue weighted by molar-refractivity contribution is 7.94.